The van der Waals surface area contributed by atoms with Gasteiger partial charge in [-0.1, -0.05) is 80.2 Å². The second kappa shape index (κ2) is 9.06. The number of rotatable bonds is 7. The fourth-order valence-corrected chi connectivity index (χ4v) is 4.16. The molecule has 0 unspecified atom stereocenters. The first-order valence-corrected chi connectivity index (χ1v) is 11.4. The van der Waals surface area contributed by atoms with Crippen LogP contribution in [0.4, 0.5) is 0 Å². The molecule has 0 atom stereocenters. The van der Waals surface area contributed by atoms with Crippen LogP contribution in [0.2, 0.25) is 0 Å². The molecule has 0 aliphatic rings. The van der Waals surface area contributed by atoms with Crippen LogP contribution in [0.3, 0.4) is 0 Å². The van der Waals surface area contributed by atoms with E-state index >= 15 is 0 Å². The summed E-state index contributed by atoms with van der Waals surface area (Å²) in [5, 5.41) is 5.41. The minimum Gasteiger partial charge on any atom is -0.339 e. The maximum atomic E-state index is 13.2. The van der Waals surface area contributed by atoms with Gasteiger partial charge in [-0.15, -0.1) is 0 Å². The summed E-state index contributed by atoms with van der Waals surface area (Å²) in [6.45, 7) is 6.71. The summed E-state index contributed by atoms with van der Waals surface area (Å²) >= 11 is 1.47. The zero-order valence-electron chi connectivity index (χ0n) is 18.0. The molecule has 7 heteroatoms. The van der Waals surface area contributed by atoms with Gasteiger partial charge in [0, 0.05) is 12.0 Å². The normalized spacial score (nSPS) is 11.8. The molecule has 0 N–H and O–H groups in total. The smallest absolute Gasteiger partial charge is 0.262 e. The van der Waals surface area contributed by atoms with E-state index in [1.54, 1.807) is 4.57 Å². The van der Waals surface area contributed by atoms with Crippen LogP contribution in [0.1, 0.15) is 44.5 Å². The molecule has 4 aromatic rings. The lowest BCUT2D eigenvalue weighted by molar-refractivity contribution is 0.319. The maximum Gasteiger partial charge on any atom is 0.262 e. The number of fused-ring (bicyclic) bond motifs is 1. The third-order valence-electron chi connectivity index (χ3n) is 4.96. The maximum absolute atomic E-state index is 13.2. The molecule has 0 saturated carbocycles. The molecule has 0 spiro atoms. The Kier molecular flexibility index (Phi) is 6.23. The molecule has 6 nitrogen and oxygen atoms in total. The van der Waals surface area contributed by atoms with Gasteiger partial charge in [0.05, 0.1) is 16.7 Å². The topological polar surface area (TPSA) is 73.8 Å². The number of aryl methyl sites for hydroxylation is 1. The number of aromatic nitrogens is 4. The van der Waals surface area contributed by atoms with Crippen molar-refractivity contribution in [2.45, 2.75) is 56.5 Å². The van der Waals surface area contributed by atoms with Crippen molar-refractivity contribution >= 4 is 22.7 Å². The Balaban J connectivity index is 1.57. The molecule has 0 aliphatic heterocycles. The van der Waals surface area contributed by atoms with E-state index in [2.05, 4.69) is 22.3 Å². The van der Waals surface area contributed by atoms with Gasteiger partial charge in [0.2, 0.25) is 5.89 Å². The minimum absolute atomic E-state index is 0.00958. The van der Waals surface area contributed by atoms with Crippen LogP contribution >= 0.6 is 11.8 Å². The monoisotopic (exact) mass is 434 g/mol. The number of hydrogen-bond acceptors (Lipinski definition) is 6. The quantitative estimate of drug-likeness (QED) is 0.301. The van der Waals surface area contributed by atoms with Gasteiger partial charge in [-0.3, -0.25) is 9.36 Å². The van der Waals surface area contributed by atoms with Crippen molar-refractivity contribution < 1.29 is 4.52 Å². The van der Waals surface area contributed by atoms with Crippen molar-refractivity contribution in [3.8, 4) is 0 Å². The number of para-hydroxylation sites is 1. The van der Waals surface area contributed by atoms with Crippen molar-refractivity contribution in [2.75, 3.05) is 0 Å². The van der Waals surface area contributed by atoms with Crippen LogP contribution in [-0.2, 0) is 24.1 Å². The first-order valence-electron chi connectivity index (χ1n) is 10.4. The van der Waals surface area contributed by atoms with Crippen molar-refractivity contribution in [2.24, 2.45) is 0 Å². The van der Waals surface area contributed by atoms with Gasteiger partial charge in [-0.25, -0.2) is 4.98 Å². The highest BCUT2D eigenvalue weighted by molar-refractivity contribution is 7.98. The van der Waals surface area contributed by atoms with Crippen LogP contribution < -0.4 is 5.56 Å². The zero-order chi connectivity index (χ0) is 21.8. The molecule has 160 valence electrons. The van der Waals surface area contributed by atoms with Crippen LogP contribution in [0.5, 0.6) is 0 Å². The number of benzene rings is 2. The van der Waals surface area contributed by atoms with E-state index in [0.29, 0.717) is 40.1 Å². The molecule has 2 heterocycles. The van der Waals surface area contributed by atoms with Crippen molar-refractivity contribution in [3.05, 3.63) is 82.2 Å². The number of hydrogen-bond donors (Lipinski definition) is 0. The van der Waals surface area contributed by atoms with Crippen LogP contribution in [0.15, 0.2) is 69.1 Å². The van der Waals surface area contributed by atoms with Crippen LogP contribution in [0.25, 0.3) is 10.9 Å². The fraction of sp³-hybridized carbons (Fsp3) is 0.333. The van der Waals surface area contributed by atoms with Gasteiger partial charge >= 0.3 is 0 Å². The van der Waals surface area contributed by atoms with Gasteiger partial charge < -0.3 is 4.52 Å². The van der Waals surface area contributed by atoms with Crippen molar-refractivity contribution in [1.82, 2.24) is 19.7 Å². The summed E-state index contributed by atoms with van der Waals surface area (Å²) in [6.07, 6.45) is 1.76. The Morgan fingerprint density at radius 3 is 2.48 bits per heavy atom. The molecule has 0 aliphatic carbocycles. The summed E-state index contributed by atoms with van der Waals surface area (Å²) < 4.78 is 7.17. The average Bonchev–Trinajstić information content (AvgIpc) is 3.25. The average molecular weight is 435 g/mol. The Bertz CT molecular complexity index is 1230. The standard InChI is InChI=1S/C24H26N4O2S/c1-24(2,3)22-26-20(27-30-22)16-31-23-25-19-14-8-7-13-18(19)21(29)28(23)15-9-12-17-10-5-4-6-11-17/h4-8,10-11,13-14H,9,12,15-16H2,1-3H3. The molecular formula is C24H26N4O2S. The fourth-order valence-electron chi connectivity index (χ4n) is 3.29. The molecular weight excluding hydrogens is 408 g/mol. The summed E-state index contributed by atoms with van der Waals surface area (Å²) in [7, 11) is 0. The molecule has 0 saturated heterocycles. The van der Waals surface area contributed by atoms with Gasteiger partial charge in [-0.05, 0) is 30.5 Å². The predicted molar refractivity (Wildman–Crippen MR) is 123 cm³/mol. The van der Waals surface area contributed by atoms with Crippen LogP contribution in [-0.4, -0.2) is 19.7 Å². The van der Waals surface area contributed by atoms with E-state index in [9.17, 15) is 4.79 Å². The van der Waals surface area contributed by atoms with Crippen molar-refractivity contribution in [3.63, 3.8) is 0 Å². The predicted octanol–water partition coefficient (Wildman–Crippen LogP) is 5.00. The summed E-state index contributed by atoms with van der Waals surface area (Å²) in [4.78, 5) is 22.5. The van der Waals surface area contributed by atoms with Crippen molar-refractivity contribution in [1.29, 1.82) is 0 Å². The highest BCUT2D eigenvalue weighted by Gasteiger charge is 2.22. The van der Waals surface area contributed by atoms with Gasteiger partial charge in [0.15, 0.2) is 11.0 Å². The molecule has 0 bridgehead atoms. The Morgan fingerprint density at radius 1 is 1.00 bits per heavy atom. The SMILES string of the molecule is CC(C)(C)c1nc(CSc2nc3ccccc3c(=O)n2CCCc2ccccc2)no1. The first-order chi connectivity index (χ1) is 14.9. The molecule has 2 aromatic heterocycles. The number of thioether (sulfide) groups is 1. The third kappa shape index (κ3) is 5.05. The van der Waals surface area contributed by atoms with Gasteiger partial charge in [0.25, 0.3) is 5.56 Å². The summed E-state index contributed by atoms with van der Waals surface area (Å²) in [5.74, 6) is 1.70. The van der Waals surface area contributed by atoms with E-state index < -0.39 is 0 Å². The lowest BCUT2D eigenvalue weighted by Crippen LogP contribution is -2.23. The minimum atomic E-state index is -0.198. The molecule has 2 aromatic carbocycles. The molecule has 0 amide bonds. The molecule has 4 rings (SSSR count). The van der Waals surface area contributed by atoms with E-state index in [1.165, 1.54) is 17.3 Å². The zero-order valence-corrected chi connectivity index (χ0v) is 18.9. The lowest BCUT2D eigenvalue weighted by Gasteiger charge is -2.13. The van der Waals surface area contributed by atoms with Gasteiger partial charge in [0.1, 0.15) is 0 Å². The van der Waals surface area contributed by atoms with E-state index in [0.717, 1.165) is 12.8 Å². The Morgan fingerprint density at radius 2 is 1.74 bits per heavy atom. The van der Waals surface area contributed by atoms with Gasteiger partial charge in [-0.2, -0.15) is 4.98 Å². The molecule has 0 radical (unpaired) electrons. The second-order valence-corrected chi connectivity index (χ2v) is 9.45. The Labute approximate surface area is 185 Å². The summed E-state index contributed by atoms with van der Waals surface area (Å²) in [5.41, 5.74) is 1.76. The highest BCUT2D eigenvalue weighted by Crippen LogP contribution is 2.24. The lowest BCUT2D eigenvalue weighted by atomic mass is 9.97. The first kappa shape index (κ1) is 21.3. The highest BCUT2D eigenvalue weighted by atomic mass is 32.2. The largest absolute Gasteiger partial charge is 0.339 e. The molecule has 31 heavy (non-hydrogen) atoms. The van der Waals surface area contributed by atoms with Crippen LogP contribution in [0, 0.1) is 0 Å². The Hall–Kier alpha value is -2.93. The van der Waals surface area contributed by atoms with E-state index in [-0.39, 0.29) is 11.0 Å². The number of nitrogens with zero attached hydrogens (tertiary/aromatic N) is 4. The second-order valence-electron chi connectivity index (χ2n) is 8.51. The third-order valence-corrected chi connectivity index (χ3v) is 5.93. The van der Waals surface area contributed by atoms with E-state index in [1.807, 2.05) is 63.2 Å². The molecule has 0 fully saturated rings. The van der Waals surface area contributed by atoms with E-state index in [4.69, 9.17) is 9.51 Å². The summed E-state index contributed by atoms with van der Waals surface area (Å²) in [6, 6.07) is 17.8.